The lowest BCUT2D eigenvalue weighted by Gasteiger charge is -2.35. The van der Waals surface area contributed by atoms with E-state index in [9.17, 15) is 15.0 Å². The molecule has 2 N–H and O–H groups in total. The minimum Gasteiger partial charge on any atom is -0.394 e. The Morgan fingerprint density at radius 2 is 0.925 bits per heavy atom. The van der Waals surface area contributed by atoms with E-state index in [0.717, 1.165) is 22.3 Å². The van der Waals surface area contributed by atoms with Gasteiger partial charge in [-0.3, -0.25) is 4.79 Å². The van der Waals surface area contributed by atoms with Gasteiger partial charge in [0.1, 0.15) is 24.4 Å². The van der Waals surface area contributed by atoms with Crippen molar-refractivity contribution in [3.8, 4) is 0 Å². The van der Waals surface area contributed by atoms with Crippen molar-refractivity contribution in [2.45, 2.75) is 50.7 Å². The molecule has 0 fully saturated rings. The van der Waals surface area contributed by atoms with Crippen molar-refractivity contribution in [1.82, 2.24) is 0 Å². The maximum absolute atomic E-state index is 13.9. The molecule has 4 aromatic rings. The SMILES string of the molecule is O=C(Cc1ccccc1)[C@@H](OCc1ccccc1)[C@@H](OCc1ccccc1)[C@H](OCc1ccccc1)[C@H](O)CO. The molecule has 0 saturated heterocycles. The van der Waals surface area contributed by atoms with Gasteiger partial charge in [0, 0.05) is 6.42 Å². The van der Waals surface area contributed by atoms with Crippen LogP contribution in [0.2, 0.25) is 0 Å². The lowest BCUT2D eigenvalue weighted by Crippen LogP contribution is -2.52. The van der Waals surface area contributed by atoms with E-state index >= 15 is 0 Å². The maximum Gasteiger partial charge on any atom is 0.168 e. The second-order valence-corrected chi connectivity index (χ2v) is 9.62. The van der Waals surface area contributed by atoms with Crippen LogP contribution in [0.4, 0.5) is 0 Å². The van der Waals surface area contributed by atoms with Crippen LogP contribution >= 0.6 is 0 Å². The zero-order chi connectivity index (χ0) is 28.0. The summed E-state index contributed by atoms with van der Waals surface area (Å²) < 4.78 is 18.9. The van der Waals surface area contributed by atoms with Crippen LogP contribution < -0.4 is 0 Å². The molecule has 0 amide bonds. The number of ketones is 1. The molecule has 4 atom stereocenters. The second kappa shape index (κ2) is 15.8. The summed E-state index contributed by atoms with van der Waals surface area (Å²) in [5.74, 6) is -0.210. The molecule has 0 heterocycles. The Morgan fingerprint density at radius 1 is 0.550 bits per heavy atom. The minimum absolute atomic E-state index is 0.117. The number of hydrogen-bond acceptors (Lipinski definition) is 6. The number of benzene rings is 4. The molecule has 0 saturated carbocycles. The summed E-state index contributed by atoms with van der Waals surface area (Å²) in [6.45, 7) is -0.0779. The number of carbonyl (C=O) groups excluding carboxylic acids is 1. The minimum atomic E-state index is -1.31. The van der Waals surface area contributed by atoms with Crippen molar-refractivity contribution in [2.24, 2.45) is 0 Å². The van der Waals surface area contributed by atoms with Crippen LogP contribution in [0.25, 0.3) is 0 Å². The van der Waals surface area contributed by atoms with E-state index in [0.29, 0.717) is 0 Å². The molecule has 6 nitrogen and oxygen atoms in total. The zero-order valence-corrected chi connectivity index (χ0v) is 22.4. The topological polar surface area (TPSA) is 85.2 Å². The Bertz CT molecular complexity index is 1250. The normalized spacial score (nSPS) is 14.2. The molecule has 0 radical (unpaired) electrons. The zero-order valence-electron chi connectivity index (χ0n) is 22.4. The molecule has 0 spiro atoms. The average Bonchev–Trinajstić information content (AvgIpc) is 3.01. The first kappa shape index (κ1) is 29.3. The third kappa shape index (κ3) is 8.95. The fraction of sp³-hybridized carbons (Fsp3) is 0.265. The highest BCUT2D eigenvalue weighted by molar-refractivity contribution is 5.86. The van der Waals surface area contributed by atoms with Gasteiger partial charge in [0.25, 0.3) is 0 Å². The molecule has 4 aromatic carbocycles. The highest BCUT2D eigenvalue weighted by Crippen LogP contribution is 2.23. The molecule has 6 heteroatoms. The first-order valence-electron chi connectivity index (χ1n) is 13.5. The molecular weight excluding hydrogens is 504 g/mol. The Kier molecular flexibility index (Phi) is 11.6. The molecule has 0 aliphatic carbocycles. The lowest BCUT2D eigenvalue weighted by atomic mass is 9.95. The van der Waals surface area contributed by atoms with E-state index in [4.69, 9.17) is 14.2 Å². The average molecular weight is 541 g/mol. The van der Waals surface area contributed by atoms with Crippen molar-refractivity contribution < 1.29 is 29.2 Å². The number of hydrogen-bond donors (Lipinski definition) is 2. The number of rotatable bonds is 16. The van der Waals surface area contributed by atoms with Crippen LogP contribution in [0.15, 0.2) is 121 Å². The molecular formula is C34H36O6. The Morgan fingerprint density at radius 3 is 1.35 bits per heavy atom. The second-order valence-electron chi connectivity index (χ2n) is 9.62. The van der Waals surface area contributed by atoms with Crippen LogP contribution in [0.5, 0.6) is 0 Å². The van der Waals surface area contributed by atoms with Crippen LogP contribution in [-0.2, 0) is 45.2 Å². The Labute approximate surface area is 235 Å². The van der Waals surface area contributed by atoms with Gasteiger partial charge in [-0.25, -0.2) is 0 Å². The first-order valence-corrected chi connectivity index (χ1v) is 13.5. The number of carbonyl (C=O) groups is 1. The van der Waals surface area contributed by atoms with Gasteiger partial charge < -0.3 is 24.4 Å². The van der Waals surface area contributed by atoms with Gasteiger partial charge in [0.05, 0.1) is 26.4 Å². The standard InChI is InChI=1S/C34H36O6/c35-22-31(37)33(39-24-28-17-9-3-10-18-28)34(40-25-29-19-11-4-12-20-29)32(38-23-27-15-7-2-8-16-27)30(36)21-26-13-5-1-6-14-26/h1-20,31-35,37H,21-25H2/t31-,32-,33-,34-/m1/s1. The third-order valence-corrected chi connectivity index (χ3v) is 6.57. The summed E-state index contributed by atoms with van der Waals surface area (Å²) in [6.07, 6.45) is -4.32. The van der Waals surface area contributed by atoms with Crippen LogP contribution in [0.1, 0.15) is 22.3 Å². The molecule has 0 unspecified atom stereocenters. The lowest BCUT2D eigenvalue weighted by molar-refractivity contribution is -0.187. The van der Waals surface area contributed by atoms with Gasteiger partial charge in [-0.1, -0.05) is 121 Å². The van der Waals surface area contributed by atoms with Gasteiger partial charge in [0.2, 0.25) is 0 Å². The predicted molar refractivity (Wildman–Crippen MR) is 153 cm³/mol. The molecule has 0 aromatic heterocycles. The van der Waals surface area contributed by atoms with Gasteiger partial charge in [-0.2, -0.15) is 0 Å². The number of aliphatic hydroxyl groups is 2. The van der Waals surface area contributed by atoms with Crippen LogP contribution in [0, 0.1) is 0 Å². The molecule has 0 aliphatic rings. The highest BCUT2D eigenvalue weighted by Gasteiger charge is 2.40. The van der Waals surface area contributed by atoms with Gasteiger partial charge in [-0.15, -0.1) is 0 Å². The molecule has 208 valence electrons. The summed E-state index contributed by atoms with van der Waals surface area (Å²) in [7, 11) is 0. The predicted octanol–water partition coefficient (Wildman–Crippen LogP) is 4.91. The smallest absolute Gasteiger partial charge is 0.168 e. The monoisotopic (exact) mass is 540 g/mol. The summed E-state index contributed by atoms with van der Waals surface area (Å²) >= 11 is 0. The van der Waals surface area contributed by atoms with E-state index in [-0.39, 0.29) is 32.0 Å². The maximum atomic E-state index is 13.9. The van der Waals surface area contributed by atoms with Gasteiger partial charge in [-0.05, 0) is 22.3 Å². The largest absolute Gasteiger partial charge is 0.394 e. The highest BCUT2D eigenvalue weighted by atomic mass is 16.6. The van der Waals surface area contributed by atoms with Crippen LogP contribution in [0.3, 0.4) is 0 Å². The molecule has 4 rings (SSSR count). The van der Waals surface area contributed by atoms with E-state index in [1.54, 1.807) is 0 Å². The fourth-order valence-electron chi connectivity index (χ4n) is 4.45. The van der Waals surface area contributed by atoms with E-state index < -0.39 is 31.0 Å². The number of ether oxygens (including phenoxy) is 3. The van der Waals surface area contributed by atoms with Crippen molar-refractivity contribution in [1.29, 1.82) is 0 Å². The third-order valence-electron chi connectivity index (χ3n) is 6.57. The molecule has 40 heavy (non-hydrogen) atoms. The van der Waals surface area contributed by atoms with E-state index in [1.165, 1.54) is 0 Å². The molecule has 0 bridgehead atoms. The number of Topliss-reactive ketones (excluding diaryl/α,β-unsaturated/α-hetero) is 1. The van der Waals surface area contributed by atoms with Gasteiger partial charge >= 0.3 is 0 Å². The first-order chi connectivity index (χ1) is 19.6. The van der Waals surface area contributed by atoms with Gasteiger partial charge in [0.15, 0.2) is 5.78 Å². The van der Waals surface area contributed by atoms with Crippen molar-refractivity contribution in [3.63, 3.8) is 0 Å². The van der Waals surface area contributed by atoms with E-state index in [2.05, 4.69) is 0 Å². The fourth-order valence-corrected chi connectivity index (χ4v) is 4.45. The van der Waals surface area contributed by atoms with Crippen molar-refractivity contribution >= 4 is 5.78 Å². The molecule has 0 aliphatic heterocycles. The van der Waals surface area contributed by atoms with E-state index in [1.807, 2.05) is 121 Å². The summed E-state index contributed by atoms with van der Waals surface area (Å²) in [6, 6.07) is 38.1. The number of aliphatic hydroxyl groups excluding tert-OH is 2. The summed E-state index contributed by atoms with van der Waals surface area (Å²) in [5, 5.41) is 20.9. The Balaban J connectivity index is 1.65. The quantitative estimate of drug-likeness (QED) is 0.210. The Hall–Kier alpha value is -3.65. The summed E-state index contributed by atoms with van der Waals surface area (Å²) in [5.41, 5.74) is 3.51. The van der Waals surface area contributed by atoms with Crippen LogP contribution in [-0.4, -0.2) is 47.0 Å². The summed E-state index contributed by atoms with van der Waals surface area (Å²) in [4.78, 5) is 13.9. The van der Waals surface area contributed by atoms with Crippen molar-refractivity contribution in [3.05, 3.63) is 144 Å². The van der Waals surface area contributed by atoms with Crippen molar-refractivity contribution in [2.75, 3.05) is 6.61 Å².